The number of carbonyl (C=O) groups is 3. The second-order valence-corrected chi connectivity index (χ2v) is 19.0. The Balaban J connectivity index is 1.25. The zero-order chi connectivity index (χ0) is 35.8. The van der Waals surface area contributed by atoms with Gasteiger partial charge in [-0.3, -0.25) is 14.4 Å². The van der Waals surface area contributed by atoms with Gasteiger partial charge in [0.2, 0.25) is 5.91 Å². The zero-order valence-electron chi connectivity index (χ0n) is 32.2. The van der Waals surface area contributed by atoms with Crippen molar-refractivity contribution < 1.29 is 29.3 Å². The van der Waals surface area contributed by atoms with Crippen LogP contribution in [0, 0.1) is 56.7 Å². The molecule has 5 saturated carbocycles. The Hall–Kier alpha value is -1.63. The molecule has 7 heteroatoms. The first-order chi connectivity index (χ1) is 23.0. The summed E-state index contributed by atoms with van der Waals surface area (Å²) in [5.41, 5.74) is 0.0865. The molecule has 49 heavy (non-hydrogen) atoms. The molecule has 0 bridgehead atoms. The summed E-state index contributed by atoms with van der Waals surface area (Å²) < 4.78 is 5.94. The number of nitrogens with one attached hydrogen (secondary N) is 1. The zero-order valence-corrected chi connectivity index (χ0v) is 32.2. The summed E-state index contributed by atoms with van der Waals surface area (Å²) in [6, 6.07) is 0. The van der Waals surface area contributed by atoms with E-state index in [1.54, 1.807) is 6.92 Å². The number of unbranched alkanes of at least 4 members (excludes halogenated alkanes) is 7. The highest BCUT2D eigenvalue weighted by atomic mass is 16.5. The predicted molar refractivity (Wildman–Crippen MR) is 194 cm³/mol. The number of esters is 1. The van der Waals surface area contributed by atoms with Crippen molar-refractivity contribution in [3.63, 3.8) is 0 Å². The number of carboxylic acid groups (broad SMARTS) is 1. The Morgan fingerprint density at radius 1 is 0.755 bits per heavy atom. The van der Waals surface area contributed by atoms with Gasteiger partial charge in [0, 0.05) is 25.3 Å². The van der Waals surface area contributed by atoms with Crippen LogP contribution >= 0.6 is 0 Å². The molecule has 0 aromatic heterocycles. The second-order valence-electron chi connectivity index (χ2n) is 19.0. The molecular formula is C42H71NO6. The lowest BCUT2D eigenvalue weighted by Gasteiger charge is -2.72. The normalized spacial score (nSPS) is 41.4. The molecule has 5 aliphatic carbocycles. The Bertz CT molecular complexity index is 1200. The van der Waals surface area contributed by atoms with E-state index in [9.17, 15) is 19.5 Å². The minimum absolute atomic E-state index is 0.0136. The van der Waals surface area contributed by atoms with Gasteiger partial charge in [-0.1, -0.05) is 73.1 Å². The lowest BCUT2D eigenvalue weighted by Crippen LogP contribution is -2.67. The van der Waals surface area contributed by atoms with E-state index < -0.39 is 12.1 Å². The number of aliphatic hydroxyl groups is 1. The summed E-state index contributed by atoms with van der Waals surface area (Å²) in [7, 11) is 0. The fourth-order valence-corrected chi connectivity index (χ4v) is 13.8. The number of ether oxygens (including phenoxy) is 1. The van der Waals surface area contributed by atoms with E-state index in [1.165, 1.54) is 19.3 Å². The van der Waals surface area contributed by atoms with Gasteiger partial charge in [-0.15, -0.1) is 0 Å². The number of fused-ring (bicyclic) bond motifs is 7. The molecule has 5 rings (SSSR count). The molecule has 3 N–H and O–H groups in total. The van der Waals surface area contributed by atoms with E-state index in [2.05, 4.69) is 39.9 Å². The summed E-state index contributed by atoms with van der Waals surface area (Å²) in [6.45, 7) is 16.7. The van der Waals surface area contributed by atoms with Gasteiger partial charge in [-0.25, -0.2) is 0 Å². The monoisotopic (exact) mass is 686 g/mol. The lowest BCUT2D eigenvalue weighted by molar-refractivity contribution is -0.250. The molecule has 0 aromatic carbocycles. The molecular weight excluding hydrogens is 614 g/mol. The van der Waals surface area contributed by atoms with Crippen LogP contribution in [0.5, 0.6) is 0 Å². The minimum Gasteiger partial charge on any atom is -0.481 e. The third kappa shape index (κ3) is 6.86. The molecule has 5 aliphatic rings. The van der Waals surface area contributed by atoms with Gasteiger partial charge in [0.25, 0.3) is 0 Å². The van der Waals surface area contributed by atoms with Gasteiger partial charge < -0.3 is 20.3 Å². The number of amides is 1. The van der Waals surface area contributed by atoms with Crippen molar-refractivity contribution in [3.8, 4) is 0 Å². The maximum absolute atomic E-state index is 14.3. The summed E-state index contributed by atoms with van der Waals surface area (Å²) in [6.07, 6.45) is 19.0. The van der Waals surface area contributed by atoms with Crippen molar-refractivity contribution >= 4 is 17.8 Å². The number of hydrogen-bond acceptors (Lipinski definition) is 5. The molecule has 0 heterocycles. The third-order valence-corrected chi connectivity index (χ3v) is 16.4. The topological polar surface area (TPSA) is 113 Å². The highest BCUT2D eigenvalue weighted by Crippen LogP contribution is 2.77. The third-order valence-electron chi connectivity index (χ3n) is 16.4. The van der Waals surface area contributed by atoms with Gasteiger partial charge in [-0.05, 0) is 130 Å². The fraction of sp³-hybridized carbons (Fsp3) is 0.929. The van der Waals surface area contributed by atoms with Gasteiger partial charge in [0.1, 0.15) is 6.10 Å². The van der Waals surface area contributed by atoms with Crippen LogP contribution in [0.3, 0.4) is 0 Å². The van der Waals surface area contributed by atoms with Crippen LogP contribution in [0.4, 0.5) is 0 Å². The molecule has 7 nitrogen and oxygen atoms in total. The minimum atomic E-state index is -0.700. The molecule has 0 saturated heterocycles. The van der Waals surface area contributed by atoms with Crippen molar-refractivity contribution in [2.24, 2.45) is 56.7 Å². The SMILES string of the molecule is CC(=O)O[C@H]1CC[C@]2(C)C3CC[C@@H]4[C@H]5[C@H](C(C)O)CC[C@]5(C(=O)NCCCCCCCCCCC(=O)O)CC[C@@]4(C)[C@]3(C)CC[C@H]2C1(C)C. The molecule has 0 spiro atoms. The van der Waals surface area contributed by atoms with Crippen molar-refractivity contribution in [2.75, 3.05) is 6.54 Å². The van der Waals surface area contributed by atoms with Crippen LogP contribution in [0.2, 0.25) is 0 Å². The molecule has 0 aromatic rings. The largest absolute Gasteiger partial charge is 0.481 e. The van der Waals surface area contributed by atoms with E-state index in [-0.39, 0.29) is 63.3 Å². The summed E-state index contributed by atoms with van der Waals surface area (Å²) in [5.74, 6) is 1.37. The van der Waals surface area contributed by atoms with Crippen LogP contribution < -0.4 is 5.32 Å². The average Bonchev–Trinajstić information content (AvgIpc) is 3.43. The average molecular weight is 686 g/mol. The van der Waals surface area contributed by atoms with Crippen molar-refractivity contribution in [3.05, 3.63) is 0 Å². The number of aliphatic hydroxyl groups excluding tert-OH is 1. The molecule has 280 valence electrons. The van der Waals surface area contributed by atoms with E-state index in [4.69, 9.17) is 9.84 Å². The van der Waals surface area contributed by atoms with E-state index in [0.717, 1.165) is 103 Å². The summed E-state index contributed by atoms with van der Waals surface area (Å²) in [4.78, 5) is 37.1. The van der Waals surface area contributed by atoms with Gasteiger partial charge in [0.05, 0.1) is 11.5 Å². The van der Waals surface area contributed by atoms with Gasteiger partial charge >= 0.3 is 11.9 Å². The molecule has 2 unspecified atom stereocenters. The molecule has 5 fully saturated rings. The second kappa shape index (κ2) is 14.8. The molecule has 0 radical (unpaired) electrons. The fourth-order valence-electron chi connectivity index (χ4n) is 13.8. The molecule has 1 amide bonds. The van der Waals surface area contributed by atoms with Gasteiger partial charge in [-0.2, -0.15) is 0 Å². The molecule has 11 atom stereocenters. The Kier molecular flexibility index (Phi) is 11.6. The van der Waals surface area contributed by atoms with Crippen LogP contribution in [0.25, 0.3) is 0 Å². The maximum atomic E-state index is 14.3. The van der Waals surface area contributed by atoms with E-state index >= 15 is 0 Å². The number of rotatable bonds is 14. The van der Waals surface area contributed by atoms with Gasteiger partial charge in [0.15, 0.2) is 0 Å². The standard InChI is InChI=1S/C42H71NO6/c1-28(44)30-19-24-42(37(48)43-27-15-13-11-9-8-10-12-14-16-35(46)47)26-25-40(6)31(36(30)42)17-18-33-39(5)22-21-34(49-29(2)45)38(3,4)32(39)20-23-41(33,40)7/h28,30-34,36,44H,8-27H2,1-7H3,(H,43,48)(H,46,47)/t28?,30-,31+,32-,33?,34-,36+,39-,40+,41+,42-/m0/s1. The molecule has 0 aliphatic heterocycles. The number of hydrogen-bond donors (Lipinski definition) is 3. The van der Waals surface area contributed by atoms with Crippen molar-refractivity contribution in [1.29, 1.82) is 0 Å². The first kappa shape index (κ1) is 38.6. The Labute approximate surface area is 297 Å². The van der Waals surface area contributed by atoms with E-state index in [0.29, 0.717) is 17.8 Å². The van der Waals surface area contributed by atoms with Crippen LogP contribution in [-0.2, 0) is 19.1 Å². The number of aliphatic carboxylic acids is 1. The smallest absolute Gasteiger partial charge is 0.303 e. The van der Waals surface area contributed by atoms with E-state index in [1.807, 2.05) is 6.92 Å². The quantitative estimate of drug-likeness (QED) is 0.124. The maximum Gasteiger partial charge on any atom is 0.303 e. The lowest BCUT2D eigenvalue weighted by atomic mass is 9.32. The highest BCUT2D eigenvalue weighted by molar-refractivity contribution is 5.83. The number of carboxylic acids is 1. The summed E-state index contributed by atoms with van der Waals surface area (Å²) >= 11 is 0. The predicted octanol–water partition coefficient (Wildman–Crippen LogP) is 9.09. The first-order valence-electron chi connectivity index (χ1n) is 20.4. The van der Waals surface area contributed by atoms with Crippen molar-refractivity contribution in [1.82, 2.24) is 5.32 Å². The Morgan fingerprint density at radius 3 is 2.04 bits per heavy atom. The van der Waals surface area contributed by atoms with Crippen LogP contribution in [-0.4, -0.2) is 46.8 Å². The number of carbonyl (C=O) groups excluding carboxylic acids is 2. The van der Waals surface area contributed by atoms with Crippen LogP contribution in [0.15, 0.2) is 0 Å². The summed E-state index contributed by atoms with van der Waals surface area (Å²) in [5, 5.41) is 23.4. The highest BCUT2D eigenvalue weighted by Gasteiger charge is 2.72. The van der Waals surface area contributed by atoms with Crippen molar-refractivity contribution in [2.45, 2.75) is 183 Å². The Morgan fingerprint density at radius 2 is 1.41 bits per heavy atom. The first-order valence-corrected chi connectivity index (χ1v) is 20.4. The van der Waals surface area contributed by atoms with Crippen LogP contribution in [0.1, 0.15) is 170 Å².